The SMILES string of the molecule is C#CCC1CCCC1NCC. The molecular formula is C10H17N. The molecule has 1 heteroatoms. The van der Waals surface area contributed by atoms with Crippen LogP contribution in [-0.2, 0) is 0 Å². The minimum absolute atomic E-state index is 0.705. The number of rotatable bonds is 3. The molecule has 0 heterocycles. The summed E-state index contributed by atoms with van der Waals surface area (Å²) in [6.07, 6.45) is 10.2. The van der Waals surface area contributed by atoms with Crippen molar-refractivity contribution in [1.29, 1.82) is 0 Å². The molecule has 0 aromatic carbocycles. The summed E-state index contributed by atoms with van der Waals surface area (Å²) in [7, 11) is 0. The highest BCUT2D eigenvalue weighted by atomic mass is 14.9. The monoisotopic (exact) mass is 151 g/mol. The molecule has 0 spiro atoms. The molecule has 1 saturated carbocycles. The van der Waals surface area contributed by atoms with Crippen molar-refractivity contribution in [3.63, 3.8) is 0 Å². The second-order valence-electron chi connectivity index (χ2n) is 3.26. The van der Waals surface area contributed by atoms with E-state index >= 15 is 0 Å². The summed E-state index contributed by atoms with van der Waals surface area (Å²) in [6.45, 7) is 3.23. The highest BCUT2D eigenvalue weighted by molar-refractivity contribution is 4.93. The summed E-state index contributed by atoms with van der Waals surface area (Å²) in [4.78, 5) is 0. The Morgan fingerprint density at radius 3 is 3.00 bits per heavy atom. The molecule has 1 fully saturated rings. The molecule has 0 aliphatic heterocycles. The van der Waals surface area contributed by atoms with Gasteiger partial charge in [0.1, 0.15) is 0 Å². The molecule has 11 heavy (non-hydrogen) atoms. The lowest BCUT2D eigenvalue weighted by molar-refractivity contribution is 0.416. The number of terminal acetylenes is 1. The molecule has 1 rings (SSSR count). The van der Waals surface area contributed by atoms with Crippen molar-refractivity contribution in [2.24, 2.45) is 5.92 Å². The molecule has 2 atom stereocenters. The first-order valence-corrected chi connectivity index (χ1v) is 4.55. The summed E-state index contributed by atoms with van der Waals surface area (Å²) in [5, 5.41) is 3.48. The maximum absolute atomic E-state index is 5.29. The Bertz CT molecular complexity index is 145. The normalized spacial score (nSPS) is 30.2. The topological polar surface area (TPSA) is 12.0 Å². The largest absolute Gasteiger partial charge is 0.314 e. The van der Waals surface area contributed by atoms with Crippen LogP contribution < -0.4 is 5.32 Å². The minimum Gasteiger partial charge on any atom is -0.314 e. The van der Waals surface area contributed by atoms with Crippen LogP contribution in [0.15, 0.2) is 0 Å². The summed E-state index contributed by atoms with van der Waals surface area (Å²) in [5.41, 5.74) is 0. The van der Waals surface area contributed by atoms with Crippen molar-refractivity contribution >= 4 is 0 Å². The molecular weight excluding hydrogens is 134 g/mol. The summed E-state index contributed by atoms with van der Waals surface area (Å²) in [6, 6.07) is 0.705. The van der Waals surface area contributed by atoms with E-state index < -0.39 is 0 Å². The summed E-state index contributed by atoms with van der Waals surface area (Å²) in [5.74, 6) is 3.51. The zero-order chi connectivity index (χ0) is 8.10. The average molecular weight is 151 g/mol. The molecule has 2 unspecified atom stereocenters. The van der Waals surface area contributed by atoms with Crippen LogP contribution in [0.4, 0.5) is 0 Å². The Morgan fingerprint density at radius 2 is 2.36 bits per heavy atom. The molecule has 0 aromatic heterocycles. The minimum atomic E-state index is 0.705. The van der Waals surface area contributed by atoms with Crippen LogP contribution in [0, 0.1) is 18.3 Å². The van der Waals surface area contributed by atoms with E-state index in [1.54, 1.807) is 0 Å². The fourth-order valence-electron chi connectivity index (χ4n) is 1.96. The van der Waals surface area contributed by atoms with Gasteiger partial charge in [-0.2, -0.15) is 0 Å². The predicted octanol–water partition coefficient (Wildman–Crippen LogP) is 1.79. The zero-order valence-corrected chi connectivity index (χ0v) is 7.27. The van der Waals surface area contributed by atoms with E-state index in [1.807, 2.05) is 0 Å². The maximum atomic E-state index is 5.29. The number of nitrogens with one attached hydrogen (secondary N) is 1. The molecule has 1 aliphatic carbocycles. The quantitative estimate of drug-likeness (QED) is 0.606. The van der Waals surface area contributed by atoms with Crippen LogP contribution in [0.25, 0.3) is 0 Å². The lowest BCUT2D eigenvalue weighted by atomic mass is 10.0. The molecule has 0 aromatic rings. The highest BCUT2D eigenvalue weighted by Gasteiger charge is 2.24. The third kappa shape index (κ3) is 2.24. The summed E-state index contributed by atoms with van der Waals surface area (Å²) < 4.78 is 0. The zero-order valence-electron chi connectivity index (χ0n) is 7.27. The van der Waals surface area contributed by atoms with E-state index in [0.29, 0.717) is 6.04 Å². The first-order valence-electron chi connectivity index (χ1n) is 4.55. The van der Waals surface area contributed by atoms with E-state index in [9.17, 15) is 0 Å². The third-order valence-corrected chi connectivity index (χ3v) is 2.51. The van der Waals surface area contributed by atoms with Gasteiger partial charge in [0.05, 0.1) is 0 Å². The lowest BCUT2D eigenvalue weighted by Crippen LogP contribution is -2.31. The first-order chi connectivity index (χ1) is 5.38. The van der Waals surface area contributed by atoms with Gasteiger partial charge >= 0.3 is 0 Å². The Labute approximate surface area is 69.6 Å². The molecule has 1 N–H and O–H groups in total. The highest BCUT2D eigenvalue weighted by Crippen LogP contribution is 2.27. The van der Waals surface area contributed by atoms with Gasteiger partial charge in [-0.05, 0) is 25.3 Å². The van der Waals surface area contributed by atoms with Crippen LogP contribution in [-0.4, -0.2) is 12.6 Å². The van der Waals surface area contributed by atoms with Gasteiger partial charge < -0.3 is 5.32 Å². The number of hydrogen-bond acceptors (Lipinski definition) is 1. The Morgan fingerprint density at radius 1 is 1.55 bits per heavy atom. The van der Waals surface area contributed by atoms with E-state index in [2.05, 4.69) is 18.2 Å². The van der Waals surface area contributed by atoms with Gasteiger partial charge in [0, 0.05) is 12.5 Å². The van der Waals surface area contributed by atoms with Crippen molar-refractivity contribution in [3.05, 3.63) is 0 Å². The van der Waals surface area contributed by atoms with Gasteiger partial charge in [0.15, 0.2) is 0 Å². The van der Waals surface area contributed by atoms with Gasteiger partial charge in [-0.3, -0.25) is 0 Å². The Kier molecular flexibility index (Phi) is 3.45. The van der Waals surface area contributed by atoms with Gasteiger partial charge in [-0.25, -0.2) is 0 Å². The predicted molar refractivity (Wildman–Crippen MR) is 48.3 cm³/mol. The standard InChI is InChI=1S/C10H17N/c1-3-6-9-7-5-8-10(9)11-4-2/h1,9-11H,4-8H2,2H3. The van der Waals surface area contributed by atoms with E-state index in [4.69, 9.17) is 6.42 Å². The van der Waals surface area contributed by atoms with Crippen LogP contribution in [0.1, 0.15) is 32.6 Å². The van der Waals surface area contributed by atoms with Crippen LogP contribution in [0.3, 0.4) is 0 Å². The average Bonchev–Trinajstić information content (AvgIpc) is 2.39. The van der Waals surface area contributed by atoms with Crippen molar-refractivity contribution in [2.45, 2.75) is 38.6 Å². The van der Waals surface area contributed by atoms with Gasteiger partial charge in [-0.1, -0.05) is 13.3 Å². The van der Waals surface area contributed by atoms with Gasteiger partial charge in [0.25, 0.3) is 0 Å². The molecule has 0 amide bonds. The molecule has 1 aliphatic rings. The second kappa shape index (κ2) is 4.41. The van der Waals surface area contributed by atoms with Crippen LogP contribution in [0.2, 0.25) is 0 Å². The smallest absolute Gasteiger partial charge is 0.0129 e. The van der Waals surface area contributed by atoms with Crippen LogP contribution >= 0.6 is 0 Å². The second-order valence-corrected chi connectivity index (χ2v) is 3.26. The molecule has 62 valence electrons. The fraction of sp³-hybridized carbons (Fsp3) is 0.800. The van der Waals surface area contributed by atoms with E-state index in [0.717, 1.165) is 18.9 Å². The fourth-order valence-corrected chi connectivity index (χ4v) is 1.96. The molecule has 0 radical (unpaired) electrons. The van der Waals surface area contributed by atoms with Crippen molar-refractivity contribution in [3.8, 4) is 12.3 Å². The third-order valence-electron chi connectivity index (χ3n) is 2.51. The van der Waals surface area contributed by atoms with Gasteiger partial charge in [-0.15, -0.1) is 12.3 Å². The molecule has 0 saturated heterocycles. The van der Waals surface area contributed by atoms with Gasteiger partial charge in [0.2, 0.25) is 0 Å². The van der Waals surface area contributed by atoms with Crippen molar-refractivity contribution in [1.82, 2.24) is 5.32 Å². The van der Waals surface area contributed by atoms with Crippen LogP contribution in [0.5, 0.6) is 0 Å². The van der Waals surface area contributed by atoms with Crippen molar-refractivity contribution in [2.75, 3.05) is 6.54 Å². The molecule has 0 bridgehead atoms. The van der Waals surface area contributed by atoms with E-state index in [-0.39, 0.29) is 0 Å². The lowest BCUT2D eigenvalue weighted by Gasteiger charge is -2.17. The van der Waals surface area contributed by atoms with E-state index in [1.165, 1.54) is 19.3 Å². The molecule has 1 nitrogen and oxygen atoms in total. The Balaban J connectivity index is 2.32. The summed E-state index contributed by atoms with van der Waals surface area (Å²) >= 11 is 0. The Hall–Kier alpha value is -0.480. The maximum Gasteiger partial charge on any atom is 0.0129 e. The first kappa shape index (κ1) is 8.62. The van der Waals surface area contributed by atoms with Crippen molar-refractivity contribution < 1.29 is 0 Å². The number of hydrogen-bond donors (Lipinski definition) is 1.